The molecule has 0 saturated heterocycles. The molecule has 0 atom stereocenters. The Kier molecular flexibility index (Phi) is 5.94. The number of aromatic nitrogens is 1. The first-order chi connectivity index (χ1) is 8.93. The monoisotopic (exact) mass is 294 g/mol. The van der Waals surface area contributed by atoms with Crippen LogP contribution in [0.4, 0.5) is 13.2 Å². The zero-order valence-electron chi connectivity index (χ0n) is 10.5. The summed E-state index contributed by atoms with van der Waals surface area (Å²) in [6.07, 6.45) is -1.44. The minimum atomic E-state index is -2.30. The maximum Gasteiger partial charge on any atom is 0.301 e. The van der Waals surface area contributed by atoms with Crippen LogP contribution in [0, 0.1) is 12.1 Å². The molecule has 0 radical (unpaired) electrons. The van der Waals surface area contributed by atoms with Gasteiger partial charge in [0.05, 0.1) is 5.69 Å². The molecule has 0 aromatic carbocycles. The van der Waals surface area contributed by atoms with Crippen LogP contribution in [-0.2, 0) is 0 Å². The van der Waals surface area contributed by atoms with Gasteiger partial charge in [0.15, 0.2) is 12.4 Å². The van der Waals surface area contributed by atoms with Crippen molar-refractivity contribution in [3.63, 3.8) is 0 Å². The summed E-state index contributed by atoms with van der Waals surface area (Å²) in [7, 11) is 0. The number of aryl methyl sites for hydroxylation is 1. The average Bonchev–Trinajstić information content (AvgIpc) is 2.69. The lowest BCUT2D eigenvalue weighted by atomic mass is 10.4. The molecule has 0 saturated carbocycles. The van der Waals surface area contributed by atoms with Gasteiger partial charge in [0.1, 0.15) is 0 Å². The van der Waals surface area contributed by atoms with Crippen molar-refractivity contribution in [1.82, 2.24) is 4.98 Å². The molecule has 0 spiro atoms. The van der Waals surface area contributed by atoms with Gasteiger partial charge in [-0.2, -0.15) is 8.78 Å². The van der Waals surface area contributed by atoms with E-state index in [1.54, 1.807) is 13.8 Å². The summed E-state index contributed by atoms with van der Waals surface area (Å²) in [5.41, 5.74) is 0.518. The lowest BCUT2D eigenvalue weighted by Gasteiger charge is -1.97. The number of allylic oxidation sites excluding steroid dienone is 1. The molecule has 0 aliphatic carbocycles. The van der Waals surface area contributed by atoms with Crippen LogP contribution < -0.4 is 0 Å². The van der Waals surface area contributed by atoms with Crippen molar-refractivity contribution in [3.05, 3.63) is 28.6 Å². The third-order valence-corrected chi connectivity index (χ3v) is 2.97. The Balaban J connectivity index is 2.62. The van der Waals surface area contributed by atoms with Gasteiger partial charge >= 0.3 is 6.08 Å². The van der Waals surface area contributed by atoms with E-state index in [2.05, 4.69) is 4.98 Å². The van der Waals surface area contributed by atoms with Gasteiger partial charge in [-0.05, 0) is 13.8 Å². The predicted molar refractivity (Wildman–Crippen MR) is 66.3 cm³/mol. The summed E-state index contributed by atoms with van der Waals surface area (Å²) < 4.78 is 42.1. The Morgan fingerprint density at radius 3 is 2.74 bits per heavy atom. The van der Waals surface area contributed by atoms with Gasteiger partial charge in [0.2, 0.25) is 12.0 Å². The molecule has 0 N–H and O–H groups in total. The van der Waals surface area contributed by atoms with Crippen LogP contribution in [0.2, 0.25) is 0 Å². The second kappa shape index (κ2) is 7.22. The normalized spacial score (nSPS) is 11.7. The lowest BCUT2D eigenvalue weighted by Crippen LogP contribution is -2.04. The molecule has 19 heavy (non-hydrogen) atoms. The molecule has 4 nitrogen and oxygen atoms in total. The fourth-order valence-corrected chi connectivity index (χ4v) is 1.91. The Morgan fingerprint density at radius 2 is 2.16 bits per heavy atom. The summed E-state index contributed by atoms with van der Waals surface area (Å²) in [6.45, 7) is 3.62. The van der Waals surface area contributed by atoms with Gasteiger partial charge in [0, 0.05) is 12.2 Å². The number of oxazole rings is 1. The first-order valence-corrected chi connectivity index (χ1v) is 6.51. The summed E-state index contributed by atoms with van der Waals surface area (Å²) in [6, 6.07) is 0. The van der Waals surface area contributed by atoms with Crippen LogP contribution in [0.5, 0.6) is 0 Å². The average molecular weight is 294 g/mol. The van der Waals surface area contributed by atoms with Crippen LogP contribution in [0.15, 0.2) is 21.5 Å². The Bertz CT molecular complexity index is 496. The van der Waals surface area contributed by atoms with Crippen molar-refractivity contribution in [3.8, 4) is 0 Å². The highest BCUT2D eigenvalue weighted by atomic mass is 32.2. The highest BCUT2D eigenvalue weighted by Crippen LogP contribution is 2.23. The van der Waals surface area contributed by atoms with E-state index < -0.39 is 18.3 Å². The summed E-state index contributed by atoms with van der Waals surface area (Å²) in [4.78, 5) is 4.01. The quantitative estimate of drug-likeness (QED) is 0.265. The van der Waals surface area contributed by atoms with Crippen LogP contribution in [0.1, 0.15) is 24.8 Å². The van der Waals surface area contributed by atoms with Crippen LogP contribution in [0.25, 0.3) is 0 Å². The Hall–Kier alpha value is -1.44. The standard InChI is InChI=1S/C11H13F3N2O2S/c1-3-16(17)6-9-7(2)15-11(18-9)19-5-4-8(12)10(13)14/h6H,3-5H2,1-2H3/b16-6-. The number of hydroxylamine groups is 1. The van der Waals surface area contributed by atoms with Crippen molar-refractivity contribution in [1.29, 1.82) is 0 Å². The molecule has 1 heterocycles. The van der Waals surface area contributed by atoms with Crippen molar-refractivity contribution in [2.24, 2.45) is 0 Å². The third-order valence-electron chi connectivity index (χ3n) is 2.14. The molecule has 0 bridgehead atoms. The van der Waals surface area contributed by atoms with Gasteiger partial charge in [-0.1, -0.05) is 11.8 Å². The van der Waals surface area contributed by atoms with E-state index in [1.807, 2.05) is 0 Å². The first kappa shape index (κ1) is 15.6. The minimum Gasteiger partial charge on any atom is -0.624 e. The fourth-order valence-electron chi connectivity index (χ4n) is 1.11. The summed E-state index contributed by atoms with van der Waals surface area (Å²) in [5, 5.41) is 11.4. The fraction of sp³-hybridized carbons (Fsp3) is 0.455. The van der Waals surface area contributed by atoms with E-state index in [0.717, 1.165) is 11.8 Å². The second-order valence-corrected chi connectivity index (χ2v) is 4.60. The number of hydrogen-bond donors (Lipinski definition) is 0. The molecule has 1 aromatic heterocycles. The Morgan fingerprint density at radius 1 is 1.47 bits per heavy atom. The smallest absolute Gasteiger partial charge is 0.301 e. The number of hydrogen-bond acceptors (Lipinski definition) is 4. The number of nitrogens with zero attached hydrogens (tertiary/aromatic N) is 2. The van der Waals surface area contributed by atoms with E-state index in [1.165, 1.54) is 6.21 Å². The summed E-state index contributed by atoms with van der Waals surface area (Å²) in [5.74, 6) is -1.04. The number of thioether (sulfide) groups is 1. The Labute approximate surface area is 112 Å². The van der Waals surface area contributed by atoms with E-state index in [-0.39, 0.29) is 17.5 Å². The third kappa shape index (κ3) is 4.98. The van der Waals surface area contributed by atoms with Crippen LogP contribution in [-0.4, -0.2) is 28.2 Å². The summed E-state index contributed by atoms with van der Waals surface area (Å²) >= 11 is 1.01. The van der Waals surface area contributed by atoms with Crippen molar-refractivity contribution >= 4 is 18.0 Å². The second-order valence-electron chi connectivity index (χ2n) is 3.56. The molecule has 8 heteroatoms. The predicted octanol–water partition coefficient (Wildman–Crippen LogP) is 3.49. The molecular formula is C11H13F3N2O2S. The van der Waals surface area contributed by atoms with E-state index in [0.29, 0.717) is 16.2 Å². The van der Waals surface area contributed by atoms with Crippen molar-refractivity contribution in [2.75, 3.05) is 12.3 Å². The lowest BCUT2D eigenvalue weighted by molar-refractivity contribution is -0.448. The highest BCUT2D eigenvalue weighted by Gasteiger charge is 2.12. The van der Waals surface area contributed by atoms with Gasteiger partial charge in [-0.15, -0.1) is 0 Å². The van der Waals surface area contributed by atoms with Gasteiger partial charge < -0.3 is 9.62 Å². The molecular weight excluding hydrogens is 281 g/mol. The van der Waals surface area contributed by atoms with Gasteiger partial charge in [0.25, 0.3) is 5.22 Å². The van der Waals surface area contributed by atoms with Crippen LogP contribution >= 0.6 is 11.8 Å². The van der Waals surface area contributed by atoms with E-state index in [9.17, 15) is 18.4 Å². The highest BCUT2D eigenvalue weighted by molar-refractivity contribution is 7.99. The first-order valence-electron chi connectivity index (χ1n) is 5.52. The molecule has 1 rings (SSSR count). The van der Waals surface area contributed by atoms with E-state index >= 15 is 0 Å². The topological polar surface area (TPSA) is 52.1 Å². The number of rotatable bonds is 6. The largest absolute Gasteiger partial charge is 0.624 e. The molecule has 0 fully saturated rings. The van der Waals surface area contributed by atoms with Gasteiger partial charge in [-0.3, -0.25) is 0 Å². The van der Waals surface area contributed by atoms with Crippen LogP contribution in [0.3, 0.4) is 0 Å². The molecule has 0 amide bonds. The SMILES string of the molecule is CC/[N+]([O-])=C/c1oc(SCCC(F)=C(F)F)nc1C. The maximum absolute atomic E-state index is 12.5. The molecule has 106 valence electrons. The number of halogens is 3. The van der Waals surface area contributed by atoms with Crippen molar-refractivity contribution < 1.29 is 22.3 Å². The maximum atomic E-state index is 12.5. The molecule has 1 aromatic rings. The molecule has 0 aliphatic heterocycles. The van der Waals surface area contributed by atoms with Crippen molar-refractivity contribution in [2.45, 2.75) is 25.5 Å². The molecule has 0 unspecified atom stereocenters. The van der Waals surface area contributed by atoms with E-state index in [4.69, 9.17) is 4.42 Å². The van der Waals surface area contributed by atoms with Gasteiger partial charge in [-0.25, -0.2) is 14.1 Å². The molecule has 0 aliphatic rings. The zero-order chi connectivity index (χ0) is 14.4. The minimum absolute atomic E-state index is 0.0808. The zero-order valence-corrected chi connectivity index (χ0v) is 11.3.